The molecule has 0 saturated heterocycles. The van der Waals surface area contributed by atoms with Crippen molar-refractivity contribution >= 4 is 22.6 Å². The number of aromatic nitrogens is 3. The number of benzene rings is 1. The molecular weight excluding hydrogens is 266 g/mol. The number of nitrogens with zero attached hydrogens (tertiary/aromatic N) is 2. The Morgan fingerprint density at radius 2 is 2.19 bits per heavy atom. The molecule has 0 saturated carbocycles. The number of nitrogens with two attached hydrogens (primary N) is 1. The lowest BCUT2D eigenvalue weighted by Gasteiger charge is -2.08. The number of imidazole rings is 1. The third-order valence-corrected chi connectivity index (χ3v) is 3.18. The summed E-state index contributed by atoms with van der Waals surface area (Å²) in [6, 6.07) is 9.05. The lowest BCUT2D eigenvalue weighted by molar-refractivity contribution is 0.0955. The molecule has 4 N–H and O–H groups in total. The van der Waals surface area contributed by atoms with Crippen LogP contribution in [-0.4, -0.2) is 27.4 Å². The number of carbonyl (C=O) groups is 1. The van der Waals surface area contributed by atoms with Crippen LogP contribution in [-0.2, 0) is 6.42 Å². The summed E-state index contributed by atoms with van der Waals surface area (Å²) in [5.41, 5.74) is 7.02. The first-order valence-electron chi connectivity index (χ1n) is 6.66. The van der Waals surface area contributed by atoms with Gasteiger partial charge in [-0.1, -0.05) is 18.2 Å². The summed E-state index contributed by atoms with van der Waals surface area (Å²) >= 11 is 0. The molecule has 0 unspecified atom stereocenters. The Morgan fingerprint density at radius 3 is 3.00 bits per heavy atom. The molecule has 0 fully saturated rings. The molecule has 0 aliphatic carbocycles. The van der Waals surface area contributed by atoms with E-state index in [0.717, 1.165) is 11.2 Å². The molecule has 2 aromatic heterocycles. The van der Waals surface area contributed by atoms with E-state index in [2.05, 4.69) is 20.3 Å². The van der Waals surface area contributed by atoms with Gasteiger partial charge in [0.15, 0.2) is 0 Å². The summed E-state index contributed by atoms with van der Waals surface area (Å²) in [7, 11) is 0. The molecule has 0 bridgehead atoms. The van der Waals surface area contributed by atoms with Crippen molar-refractivity contribution in [3.63, 3.8) is 0 Å². The van der Waals surface area contributed by atoms with Gasteiger partial charge in [0, 0.05) is 30.7 Å². The highest BCUT2D eigenvalue weighted by molar-refractivity contribution is 6.06. The number of amides is 1. The number of hydrogen-bond acceptors (Lipinski definition) is 4. The fourth-order valence-corrected chi connectivity index (χ4v) is 2.21. The van der Waals surface area contributed by atoms with Crippen LogP contribution in [0.4, 0.5) is 5.82 Å². The first-order chi connectivity index (χ1) is 10.2. The quantitative estimate of drug-likeness (QED) is 0.675. The largest absolute Gasteiger partial charge is 0.384 e. The first-order valence-corrected chi connectivity index (χ1v) is 6.66. The van der Waals surface area contributed by atoms with Crippen LogP contribution in [0.3, 0.4) is 0 Å². The van der Waals surface area contributed by atoms with Crippen LogP contribution in [0.25, 0.3) is 10.9 Å². The highest BCUT2D eigenvalue weighted by atomic mass is 16.1. The van der Waals surface area contributed by atoms with Crippen molar-refractivity contribution < 1.29 is 4.79 Å². The fourth-order valence-electron chi connectivity index (χ4n) is 2.21. The second kappa shape index (κ2) is 5.62. The van der Waals surface area contributed by atoms with E-state index in [-0.39, 0.29) is 5.91 Å². The van der Waals surface area contributed by atoms with Gasteiger partial charge in [0.25, 0.3) is 5.91 Å². The molecule has 0 aliphatic rings. The van der Waals surface area contributed by atoms with E-state index in [0.29, 0.717) is 29.9 Å². The minimum Gasteiger partial charge on any atom is -0.384 e. The monoisotopic (exact) mass is 281 g/mol. The van der Waals surface area contributed by atoms with Crippen LogP contribution in [0.5, 0.6) is 0 Å². The van der Waals surface area contributed by atoms with Gasteiger partial charge in [-0.2, -0.15) is 0 Å². The van der Waals surface area contributed by atoms with E-state index in [4.69, 9.17) is 5.73 Å². The van der Waals surface area contributed by atoms with Crippen LogP contribution in [0.15, 0.2) is 42.7 Å². The van der Waals surface area contributed by atoms with E-state index < -0.39 is 0 Å². The fraction of sp³-hybridized carbons (Fsp3) is 0.133. The molecule has 6 nitrogen and oxygen atoms in total. The van der Waals surface area contributed by atoms with Crippen molar-refractivity contribution in [3.05, 3.63) is 54.1 Å². The average Bonchev–Trinajstić information content (AvgIpc) is 2.99. The molecule has 3 aromatic rings. The number of para-hydroxylation sites is 1. The van der Waals surface area contributed by atoms with Gasteiger partial charge in [0.1, 0.15) is 11.6 Å². The summed E-state index contributed by atoms with van der Waals surface area (Å²) < 4.78 is 0. The zero-order valence-corrected chi connectivity index (χ0v) is 11.3. The number of H-pyrrole nitrogens is 1. The Kier molecular flexibility index (Phi) is 3.51. The zero-order chi connectivity index (χ0) is 14.7. The third kappa shape index (κ3) is 2.84. The molecule has 1 amide bonds. The standard InChI is InChI=1S/C15H15N5O/c16-13-9-11(10-3-1-2-4-12(10)20-13)15(21)19-6-5-14-17-7-8-18-14/h1-4,7-9H,5-6H2,(H2,16,20)(H,17,18)(H,19,21). The van der Waals surface area contributed by atoms with Crippen molar-refractivity contribution in [1.29, 1.82) is 0 Å². The number of aromatic amines is 1. The Hall–Kier alpha value is -2.89. The molecule has 0 aliphatic heterocycles. The van der Waals surface area contributed by atoms with E-state index >= 15 is 0 Å². The maximum absolute atomic E-state index is 12.3. The summed E-state index contributed by atoms with van der Waals surface area (Å²) in [4.78, 5) is 23.6. The molecular formula is C15H15N5O. The first kappa shape index (κ1) is 13.1. The Morgan fingerprint density at radius 1 is 1.33 bits per heavy atom. The minimum absolute atomic E-state index is 0.160. The highest BCUT2D eigenvalue weighted by Gasteiger charge is 2.11. The average molecular weight is 281 g/mol. The van der Waals surface area contributed by atoms with Gasteiger partial charge < -0.3 is 16.0 Å². The molecule has 6 heteroatoms. The second-order valence-corrected chi connectivity index (χ2v) is 4.65. The van der Waals surface area contributed by atoms with Gasteiger partial charge >= 0.3 is 0 Å². The predicted octanol–water partition coefficient (Wildman–Crippen LogP) is 1.51. The number of pyridine rings is 1. The summed E-state index contributed by atoms with van der Waals surface area (Å²) in [6.07, 6.45) is 4.10. The van der Waals surface area contributed by atoms with Crippen LogP contribution < -0.4 is 11.1 Å². The Labute approximate surface area is 121 Å². The smallest absolute Gasteiger partial charge is 0.252 e. The maximum Gasteiger partial charge on any atom is 0.252 e. The Bertz CT molecular complexity index is 767. The number of rotatable bonds is 4. The number of nitrogen functional groups attached to an aromatic ring is 1. The SMILES string of the molecule is Nc1cc(C(=O)NCCc2ncc[nH]2)c2ccccc2n1. The predicted molar refractivity (Wildman–Crippen MR) is 80.8 cm³/mol. The van der Waals surface area contributed by atoms with Gasteiger partial charge in [0.05, 0.1) is 11.1 Å². The lowest BCUT2D eigenvalue weighted by atomic mass is 10.1. The molecule has 0 atom stereocenters. The van der Waals surface area contributed by atoms with Crippen molar-refractivity contribution in [2.24, 2.45) is 0 Å². The molecule has 0 spiro atoms. The molecule has 21 heavy (non-hydrogen) atoms. The van der Waals surface area contributed by atoms with Crippen LogP contribution >= 0.6 is 0 Å². The maximum atomic E-state index is 12.3. The van der Waals surface area contributed by atoms with Crippen LogP contribution in [0.1, 0.15) is 16.2 Å². The number of fused-ring (bicyclic) bond motifs is 1. The van der Waals surface area contributed by atoms with E-state index in [1.807, 2.05) is 24.3 Å². The molecule has 0 radical (unpaired) electrons. The minimum atomic E-state index is -0.160. The third-order valence-electron chi connectivity index (χ3n) is 3.18. The summed E-state index contributed by atoms with van der Waals surface area (Å²) in [5.74, 6) is 1.02. The number of carbonyl (C=O) groups excluding carboxylic acids is 1. The van der Waals surface area contributed by atoms with Crippen LogP contribution in [0, 0.1) is 0 Å². The van der Waals surface area contributed by atoms with Crippen molar-refractivity contribution in [1.82, 2.24) is 20.3 Å². The van der Waals surface area contributed by atoms with Crippen LogP contribution in [0.2, 0.25) is 0 Å². The molecule has 3 rings (SSSR count). The summed E-state index contributed by atoms with van der Waals surface area (Å²) in [5, 5.41) is 3.67. The van der Waals surface area contributed by atoms with Gasteiger partial charge in [-0.15, -0.1) is 0 Å². The van der Waals surface area contributed by atoms with Crippen molar-refractivity contribution in [2.75, 3.05) is 12.3 Å². The second-order valence-electron chi connectivity index (χ2n) is 4.65. The van der Waals surface area contributed by atoms with Crippen molar-refractivity contribution in [2.45, 2.75) is 6.42 Å². The number of hydrogen-bond donors (Lipinski definition) is 3. The van der Waals surface area contributed by atoms with Crippen molar-refractivity contribution in [3.8, 4) is 0 Å². The van der Waals surface area contributed by atoms with Gasteiger partial charge in [-0.05, 0) is 12.1 Å². The number of anilines is 1. The molecule has 106 valence electrons. The van der Waals surface area contributed by atoms with Gasteiger partial charge in [-0.3, -0.25) is 4.79 Å². The van der Waals surface area contributed by atoms with Gasteiger partial charge in [0.2, 0.25) is 0 Å². The van der Waals surface area contributed by atoms with E-state index in [1.165, 1.54) is 0 Å². The van der Waals surface area contributed by atoms with E-state index in [9.17, 15) is 4.79 Å². The normalized spacial score (nSPS) is 10.7. The van der Waals surface area contributed by atoms with Gasteiger partial charge in [-0.25, -0.2) is 9.97 Å². The zero-order valence-electron chi connectivity index (χ0n) is 11.3. The lowest BCUT2D eigenvalue weighted by Crippen LogP contribution is -2.26. The Balaban J connectivity index is 1.78. The highest BCUT2D eigenvalue weighted by Crippen LogP contribution is 2.19. The molecule has 2 heterocycles. The van der Waals surface area contributed by atoms with E-state index in [1.54, 1.807) is 18.5 Å². The summed E-state index contributed by atoms with van der Waals surface area (Å²) in [6.45, 7) is 0.503. The molecule has 1 aromatic carbocycles. The topological polar surface area (TPSA) is 96.7 Å². The number of nitrogens with one attached hydrogen (secondary N) is 2.